The number of hydrogen-bond acceptors (Lipinski definition) is 4. The second-order valence-corrected chi connectivity index (χ2v) is 6.90. The monoisotopic (exact) mass is 398 g/mol. The third-order valence-corrected chi connectivity index (χ3v) is 4.05. The van der Waals surface area contributed by atoms with Crippen LogP contribution in [0.3, 0.4) is 0 Å². The van der Waals surface area contributed by atoms with Crippen LogP contribution in [-0.4, -0.2) is 36.2 Å². The van der Waals surface area contributed by atoms with Crippen molar-refractivity contribution in [1.29, 1.82) is 0 Å². The average Bonchev–Trinajstić information content (AvgIpc) is 2.69. The minimum absolute atomic E-state index is 0.0704. The molecule has 7 nitrogen and oxygen atoms in total. The number of amides is 1. The van der Waals surface area contributed by atoms with Gasteiger partial charge in [-0.25, -0.2) is 4.99 Å². The van der Waals surface area contributed by atoms with Crippen LogP contribution < -0.4 is 21.1 Å². The second-order valence-electron chi connectivity index (χ2n) is 6.90. The first-order valence-corrected chi connectivity index (χ1v) is 9.74. The van der Waals surface area contributed by atoms with Crippen molar-refractivity contribution in [2.45, 2.75) is 39.5 Å². The number of benzene rings is 2. The number of nitrogens with two attached hydrogens (primary N) is 1. The number of primary amides is 1. The van der Waals surface area contributed by atoms with E-state index in [1.54, 1.807) is 18.2 Å². The summed E-state index contributed by atoms with van der Waals surface area (Å²) in [6.07, 6.45) is -0.645. The molecule has 0 aliphatic carbocycles. The Hall–Kier alpha value is -3.06. The molecule has 1 atom stereocenters. The van der Waals surface area contributed by atoms with Gasteiger partial charge in [0.15, 0.2) is 5.96 Å². The van der Waals surface area contributed by atoms with E-state index in [0.717, 1.165) is 16.9 Å². The SMILES string of the molecule is CCNC(=NCc1cccc(C(N)=O)c1)NCC(O)c1cccc(OC(C)C)c1. The molecule has 0 heterocycles. The van der Waals surface area contributed by atoms with Gasteiger partial charge >= 0.3 is 0 Å². The molecule has 29 heavy (non-hydrogen) atoms. The average molecular weight is 399 g/mol. The number of aliphatic hydroxyl groups excluding tert-OH is 1. The van der Waals surface area contributed by atoms with Gasteiger partial charge in [0.25, 0.3) is 0 Å². The van der Waals surface area contributed by atoms with Crippen LogP contribution in [0.2, 0.25) is 0 Å². The fourth-order valence-corrected chi connectivity index (χ4v) is 2.71. The molecular formula is C22H30N4O3. The minimum atomic E-state index is -0.715. The van der Waals surface area contributed by atoms with Gasteiger partial charge in [0.1, 0.15) is 5.75 Å². The van der Waals surface area contributed by atoms with E-state index in [2.05, 4.69) is 15.6 Å². The number of aliphatic imine (C=N–C) groups is 1. The number of carbonyl (C=O) groups excluding carboxylic acids is 1. The normalized spacial score (nSPS) is 12.5. The summed E-state index contributed by atoms with van der Waals surface area (Å²) in [5.41, 5.74) is 7.41. The molecular weight excluding hydrogens is 368 g/mol. The van der Waals surface area contributed by atoms with Crippen molar-refractivity contribution in [2.75, 3.05) is 13.1 Å². The lowest BCUT2D eigenvalue weighted by Gasteiger charge is -2.17. The third kappa shape index (κ3) is 7.46. The van der Waals surface area contributed by atoms with Gasteiger partial charge < -0.3 is 26.2 Å². The van der Waals surface area contributed by atoms with Crippen LogP contribution in [0.5, 0.6) is 5.75 Å². The van der Waals surface area contributed by atoms with Crippen LogP contribution in [0.1, 0.15) is 48.4 Å². The Morgan fingerprint density at radius 1 is 1.17 bits per heavy atom. The summed E-state index contributed by atoms with van der Waals surface area (Å²) >= 11 is 0. The number of carbonyl (C=O) groups is 1. The van der Waals surface area contributed by atoms with Crippen molar-refractivity contribution in [2.24, 2.45) is 10.7 Å². The third-order valence-electron chi connectivity index (χ3n) is 4.05. The van der Waals surface area contributed by atoms with Crippen LogP contribution in [-0.2, 0) is 6.54 Å². The number of rotatable bonds is 9. The molecule has 0 radical (unpaired) electrons. The molecule has 2 aromatic rings. The summed E-state index contributed by atoms with van der Waals surface area (Å²) in [7, 11) is 0. The van der Waals surface area contributed by atoms with Gasteiger partial charge in [0.2, 0.25) is 5.91 Å². The number of nitrogens with one attached hydrogen (secondary N) is 2. The fraction of sp³-hybridized carbons (Fsp3) is 0.364. The Balaban J connectivity index is 2.00. The maximum atomic E-state index is 11.3. The van der Waals surface area contributed by atoms with Crippen LogP contribution in [0.15, 0.2) is 53.5 Å². The molecule has 0 spiro atoms. The highest BCUT2D eigenvalue weighted by atomic mass is 16.5. The second kappa shape index (κ2) is 11.1. The van der Waals surface area contributed by atoms with Gasteiger partial charge in [0, 0.05) is 18.7 Å². The van der Waals surface area contributed by atoms with Crippen molar-refractivity contribution in [3.63, 3.8) is 0 Å². The number of hydrogen-bond donors (Lipinski definition) is 4. The largest absolute Gasteiger partial charge is 0.491 e. The van der Waals surface area contributed by atoms with Crippen molar-refractivity contribution in [3.8, 4) is 5.75 Å². The molecule has 0 fully saturated rings. The predicted molar refractivity (Wildman–Crippen MR) is 115 cm³/mol. The van der Waals surface area contributed by atoms with E-state index < -0.39 is 12.0 Å². The lowest BCUT2D eigenvalue weighted by molar-refractivity contribution is 0.1000. The Kier molecular flexibility index (Phi) is 8.48. The van der Waals surface area contributed by atoms with Crippen molar-refractivity contribution in [3.05, 3.63) is 65.2 Å². The van der Waals surface area contributed by atoms with Crippen molar-refractivity contribution < 1.29 is 14.6 Å². The van der Waals surface area contributed by atoms with Gasteiger partial charge in [-0.3, -0.25) is 4.79 Å². The molecule has 0 aromatic heterocycles. The molecule has 1 unspecified atom stereocenters. The van der Waals surface area contributed by atoms with E-state index in [1.165, 1.54) is 0 Å². The van der Waals surface area contributed by atoms with Crippen molar-refractivity contribution in [1.82, 2.24) is 10.6 Å². The Morgan fingerprint density at radius 2 is 1.93 bits per heavy atom. The van der Waals surface area contributed by atoms with Gasteiger partial charge in [0.05, 0.1) is 18.8 Å². The molecule has 1 amide bonds. The Bertz CT molecular complexity index is 836. The standard InChI is InChI=1S/C22H30N4O3/c1-4-24-22(25-13-16-7-5-9-18(11-16)21(23)28)26-14-20(27)17-8-6-10-19(12-17)29-15(2)3/h5-12,15,20,27H,4,13-14H2,1-3H3,(H2,23,28)(H2,24,25,26). The van der Waals surface area contributed by atoms with E-state index in [1.807, 2.05) is 51.1 Å². The first-order valence-electron chi connectivity index (χ1n) is 9.74. The summed E-state index contributed by atoms with van der Waals surface area (Å²) in [5.74, 6) is 0.838. The van der Waals surface area contributed by atoms with Crippen LogP contribution in [0.25, 0.3) is 0 Å². The molecule has 7 heteroatoms. The molecule has 5 N–H and O–H groups in total. The quantitative estimate of drug-likeness (QED) is 0.383. The highest BCUT2D eigenvalue weighted by molar-refractivity contribution is 5.92. The Labute approximate surface area is 172 Å². The number of ether oxygens (including phenoxy) is 1. The first kappa shape index (κ1) is 22.2. The zero-order chi connectivity index (χ0) is 21.2. The minimum Gasteiger partial charge on any atom is -0.491 e. The number of nitrogens with zero attached hydrogens (tertiary/aromatic N) is 1. The van der Waals surface area contributed by atoms with Crippen LogP contribution >= 0.6 is 0 Å². The van der Waals surface area contributed by atoms with E-state index in [4.69, 9.17) is 10.5 Å². The van der Waals surface area contributed by atoms with Gasteiger partial charge in [-0.2, -0.15) is 0 Å². The maximum absolute atomic E-state index is 11.3. The molecule has 0 aliphatic heterocycles. The number of guanidine groups is 1. The van der Waals surface area contributed by atoms with Gasteiger partial charge in [-0.05, 0) is 56.2 Å². The van der Waals surface area contributed by atoms with E-state index in [-0.39, 0.29) is 12.6 Å². The smallest absolute Gasteiger partial charge is 0.248 e. The predicted octanol–water partition coefficient (Wildman–Crippen LogP) is 2.36. The molecule has 0 bridgehead atoms. The Morgan fingerprint density at radius 3 is 2.62 bits per heavy atom. The van der Waals surface area contributed by atoms with Crippen LogP contribution in [0.4, 0.5) is 0 Å². The maximum Gasteiger partial charge on any atom is 0.248 e. The highest BCUT2D eigenvalue weighted by Crippen LogP contribution is 2.20. The zero-order valence-corrected chi connectivity index (χ0v) is 17.2. The van der Waals surface area contributed by atoms with E-state index in [0.29, 0.717) is 24.6 Å². The summed E-state index contributed by atoms with van der Waals surface area (Å²) in [6, 6.07) is 14.5. The summed E-state index contributed by atoms with van der Waals surface area (Å²) in [6.45, 7) is 7.24. The molecule has 0 saturated heterocycles. The molecule has 2 rings (SSSR count). The topological polar surface area (TPSA) is 109 Å². The van der Waals surface area contributed by atoms with Gasteiger partial charge in [-0.1, -0.05) is 24.3 Å². The van der Waals surface area contributed by atoms with Crippen molar-refractivity contribution >= 4 is 11.9 Å². The highest BCUT2D eigenvalue weighted by Gasteiger charge is 2.10. The zero-order valence-electron chi connectivity index (χ0n) is 17.2. The lowest BCUT2D eigenvalue weighted by atomic mass is 10.1. The van der Waals surface area contributed by atoms with E-state index >= 15 is 0 Å². The summed E-state index contributed by atoms with van der Waals surface area (Å²) in [5, 5.41) is 16.8. The van der Waals surface area contributed by atoms with Crippen LogP contribution in [0, 0.1) is 0 Å². The number of aliphatic hydroxyl groups is 1. The summed E-state index contributed by atoms with van der Waals surface area (Å²) < 4.78 is 5.68. The van der Waals surface area contributed by atoms with Gasteiger partial charge in [-0.15, -0.1) is 0 Å². The molecule has 2 aromatic carbocycles. The lowest BCUT2D eigenvalue weighted by Crippen LogP contribution is -2.39. The van der Waals surface area contributed by atoms with E-state index in [9.17, 15) is 9.90 Å². The first-order chi connectivity index (χ1) is 13.9. The fourth-order valence-electron chi connectivity index (χ4n) is 2.71. The molecule has 0 saturated carbocycles. The summed E-state index contributed by atoms with van der Waals surface area (Å²) in [4.78, 5) is 15.8. The molecule has 0 aliphatic rings. The molecule has 156 valence electrons.